The van der Waals surface area contributed by atoms with E-state index in [1.807, 2.05) is 12.2 Å². The van der Waals surface area contributed by atoms with Gasteiger partial charge in [0.2, 0.25) is 0 Å². The molecule has 0 fully saturated rings. The maximum absolute atomic E-state index is 9.51. The highest BCUT2D eigenvalue weighted by Gasteiger charge is 2.04. The Labute approximate surface area is 122 Å². The summed E-state index contributed by atoms with van der Waals surface area (Å²) in [7, 11) is 0. The van der Waals surface area contributed by atoms with Crippen LogP contribution in [0.1, 0.15) is 39.0 Å². The van der Waals surface area contributed by atoms with Gasteiger partial charge in [0.1, 0.15) is 12.2 Å². The molecule has 0 amide bonds. The second kappa shape index (κ2) is 12.5. The molecule has 0 rings (SSSR count). The van der Waals surface area contributed by atoms with E-state index in [1.165, 1.54) is 6.92 Å². The molecule has 3 atom stereocenters. The van der Waals surface area contributed by atoms with Gasteiger partial charge in [-0.15, -0.1) is 6.58 Å². The summed E-state index contributed by atoms with van der Waals surface area (Å²) in [6.07, 6.45) is 7.97. The molecule has 0 bridgehead atoms. The molecule has 3 N–H and O–H groups in total. The Hall–Kier alpha value is -1.52. The Balaban J connectivity index is 3.87. The van der Waals surface area contributed by atoms with Crippen molar-refractivity contribution in [2.45, 2.75) is 57.3 Å². The summed E-state index contributed by atoms with van der Waals surface area (Å²) in [6.45, 7) is 5.11. The summed E-state index contributed by atoms with van der Waals surface area (Å²) >= 11 is 0. The third-order valence-corrected chi connectivity index (χ3v) is 2.56. The van der Waals surface area contributed by atoms with E-state index in [1.54, 1.807) is 6.08 Å². The van der Waals surface area contributed by atoms with Gasteiger partial charge in [0.25, 0.3) is 0 Å². The zero-order valence-corrected chi connectivity index (χ0v) is 12.0. The van der Waals surface area contributed by atoms with Gasteiger partial charge in [-0.05, 0) is 50.5 Å². The molecule has 20 heavy (non-hydrogen) atoms. The minimum absolute atomic E-state index is 0.846. The Bertz CT molecular complexity index is 401. The minimum atomic E-state index is -1.10. The summed E-state index contributed by atoms with van der Waals surface area (Å²) < 4.78 is 0. The third-order valence-electron chi connectivity index (χ3n) is 2.56. The van der Waals surface area contributed by atoms with Crippen molar-refractivity contribution in [2.24, 2.45) is 0 Å². The zero-order chi connectivity index (χ0) is 15.2. The molecule has 0 aliphatic carbocycles. The fourth-order valence-corrected chi connectivity index (χ4v) is 1.34. The molecule has 0 saturated carbocycles. The highest BCUT2D eigenvalue weighted by molar-refractivity contribution is 5.30. The number of aliphatic hydroxyl groups is 3. The molecule has 0 radical (unpaired) electrons. The first-order chi connectivity index (χ1) is 9.57. The fourth-order valence-electron chi connectivity index (χ4n) is 1.34. The summed E-state index contributed by atoms with van der Waals surface area (Å²) in [5.74, 6) is 9.74. The van der Waals surface area contributed by atoms with Crippen molar-refractivity contribution in [3.05, 3.63) is 24.8 Å². The molecule has 2 unspecified atom stereocenters. The monoisotopic (exact) mass is 276 g/mol. The van der Waals surface area contributed by atoms with E-state index in [-0.39, 0.29) is 0 Å². The molecule has 0 aliphatic rings. The highest BCUT2D eigenvalue weighted by Crippen LogP contribution is 2.04. The lowest BCUT2D eigenvalue weighted by atomic mass is 10.1. The Kier molecular flexibility index (Phi) is 11.6. The Morgan fingerprint density at radius 1 is 1.00 bits per heavy atom. The van der Waals surface area contributed by atoms with Crippen LogP contribution >= 0.6 is 0 Å². The first kappa shape index (κ1) is 18.5. The lowest BCUT2D eigenvalue weighted by molar-refractivity contribution is 0.0678. The van der Waals surface area contributed by atoms with Crippen molar-refractivity contribution in [2.75, 3.05) is 0 Å². The van der Waals surface area contributed by atoms with Gasteiger partial charge in [-0.25, -0.2) is 0 Å². The first-order valence-corrected chi connectivity index (χ1v) is 6.90. The number of hydrogen-bond donors (Lipinski definition) is 3. The maximum Gasteiger partial charge on any atom is 0.141 e. The third kappa shape index (κ3) is 11.6. The zero-order valence-electron chi connectivity index (χ0n) is 12.0. The van der Waals surface area contributed by atoms with Crippen LogP contribution in [0, 0.1) is 23.7 Å². The number of allylic oxidation sites excluding steroid dienone is 2. The summed E-state index contributed by atoms with van der Waals surface area (Å²) in [5.41, 5.74) is 0. The summed E-state index contributed by atoms with van der Waals surface area (Å²) in [6, 6.07) is 0. The molecule has 110 valence electrons. The molecular formula is C17H24O3. The van der Waals surface area contributed by atoms with E-state index in [9.17, 15) is 10.2 Å². The van der Waals surface area contributed by atoms with Crippen LogP contribution in [0.15, 0.2) is 24.8 Å². The van der Waals surface area contributed by atoms with Crippen molar-refractivity contribution in [1.82, 2.24) is 0 Å². The number of rotatable bonds is 8. The molecule has 0 aromatic rings. The number of hydrogen-bond acceptors (Lipinski definition) is 3. The van der Waals surface area contributed by atoms with Crippen LogP contribution in [-0.2, 0) is 0 Å². The van der Waals surface area contributed by atoms with E-state index < -0.39 is 18.3 Å². The van der Waals surface area contributed by atoms with E-state index in [0.717, 1.165) is 32.1 Å². The minimum Gasteiger partial charge on any atom is -0.390 e. The SMILES string of the molecule is C=CCCCCCC=C[C@H](O)C#CC#CC(O)C(C)O. The quantitative estimate of drug-likeness (QED) is 0.360. The average Bonchev–Trinajstić information content (AvgIpc) is 2.42. The van der Waals surface area contributed by atoms with Gasteiger partial charge in [-0.3, -0.25) is 0 Å². The van der Waals surface area contributed by atoms with Gasteiger partial charge in [0, 0.05) is 0 Å². The molecule has 0 spiro atoms. The van der Waals surface area contributed by atoms with E-state index in [2.05, 4.69) is 30.3 Å². The second-order valence-electron chi connectivity index (χ2n) is 4.52. The first-order valence-electron chi connectivity index (χ1n) is 6.90. The molecule has 0 aromatic carbocycles. The molecule has 0 saturated heterocycles. The summed E-state index contributed by atoms with van der Waals surface area (Å²) in [4.78, 5) is 0. The average molecular weight is 276 g/mol. The second-order valence-corrected chi connectivity index (χ2v) is 4.52. The van der Waals surface area contributed by atoms with Crippen molar-refractivity contribution in [3.63, 3.8) is 0 Å². The largest absolute Gasteiger partial charge is 0.390 e. The van der Waals surface area contributed by atoms with Crippen molar-refractivity contribution in [1.29, 1.82) is 0 Å². The van der Waals surface area contributed by atoms with Crippen molar-refractivity contribution < 1.29 is 15.3 Å². The normalized spacial score (nSPS) is 14.6. The molecular weight excluding hydrogens is 252 g/mol. The predicted molar refractivity (Wildman–Crippen MR) is 81.7 cm³/mol. The van der Waals surface area contributed by atoms with E-state index in [4.69, 9.17) is 5.11 Å². The number of unbranched alkanes of at least 4 members (excludes halogenated alkanes) is 4. The summed E-state index contributed by atoms with van der Waals surface area (Å²) in [5, 5.41) is 27.7. The molecule has 0 heterocycles. The predicted octanol–water partition coefficient (Wildman–Crippen LogP) is 1.79. The topological polar surface area (TPSA) is 60.7 Å². The lowest BCUT2D eigenvalue weighted by Crippen LogP contribution is -2.19. The molecule has 0 aromatic heterocycles. The molecule has 3 heteroatoms. The van der Waals surface area contributed by atoms with E-state index >= 15 is 0 Å². The van der Waals surface area contributed by atoms with Gasteiger partial charge in [-0.2, -0.15) is 0 Å². The van der Waals surface area contributed by atoms with Crippen LogP contribution in [0.4, 0.5) is 0 Å². The Morgan fingerprint density at radius 3 is 2.30 bits per heavy atom. The smallest absolute Gasteiger partial charge is 0.141 e. The van der Waals surface area contributed by atoms with Crippen LogP contribution in [-0.4, -0.2) is 33.6 Å². The van der Waals surface area contributed by atoms with Crippen LogP contribution in [0.5, 0.6) is 0 Å². The highest BCUT2D eigenvalue weighted by atomic mass is 16.3. The fraction of sp³-hybridized carbons (Fsp3) is 0.529. The van der Waals surface area contributed by atoms with E-state index in [0.29, 0.717) is 0 Å². The molecule has 3 nitrogen and oxygen atoms in total. The van der Waals surface area contributed by atoms with Gasteiger partial charge < -0.3 is 15.3 Å². The van der Waals surface area contributed by atoms with Gasteiger partial charge >= 0.3 is 0 Å². The maximum atomic E-state index is 9.51. The molecule has 0 aliphatic heterocycles. The van der Waals surface area contributed by atoms with Crippen molar-refractivity contribution >= 4 is 0 Å². The van der Waals surface area contributed by atoms with Gasteiger partial charge in [-0.1, -0.05) is 30.4 Å². The Morgan fingerprint density at radius 2 is 1.65 bits per heavy atom. The van der Waals surface area contributed by atoms with Crippen LogP contribution in [0.25, 0.3) is 0 Å². The lowest BCUT2D eigenvalue weighted by Gasteiger charge is -2.03. The van der Waals surface area contributed by atoms with Crippen LogP contribution in [0.2, 0.25) is 0 Å². The van der Waals surface area contributed by atoms with Crippen molar-refractivity contribution in [3.8, 4) is 23.7 Å². The van der Waals surface area contributed by atoms with Gasteiger partial charge in [0.15, 0.2) is 0 Å². The van der Waals surface area contributed by atoms with Crippen LogP contribution in [0.3, 0.4) is 0 Å². The van der Waals surface area contributed by atoms with Gasteiger partial charge in [0.05, 0.1) is 6.10 Å². The standard InChI is InChI=1S/C17H24O3/c1-3-4-5-6-7-8-9-12-16(19)13-10-11-14-17(20)15(2)18/h3,9,12,15-20H,1,4-8H2,2H3/t15?,16-,17?/m0/s1. The number of aliphatic hydroxyl groups excluding tert-OH is 3. The van der Waals surface area contributed by atoms with Crippen LogP contribution < -0.4 is 0 Å².